The Kier molecular flexibility index (Phi) is 6.99. The van der Waals surface area contributed by atoms with Gasteiger partial charge in [-0.05, 0) is 61.1 Å². The van der Waals surface area contributed by atoms with Crippen LogP contribution in [-0.2, 0) is 16.0 Å². The largest absolute Gasteiger partial charge is 0.325 e. The van der Waals surface area contributed by atoms with Gasteiger partial charge in [0.15, 0.2) is 0 Å². The molecule has 1 fully saturated rings. The molecule has 0 radical (unpaired) electrons. The van der Waals surface area contributed by atoms with Crippen LogP contribution in [0.1, 0.15) is 31.7 Å². The molecule has 1 aromatic carbocycles. The molecule has 2 heterocycles. The van der Waals surface area contributed by atoms with Crippen LogP contribution in [0.4, 0.5) is 15.8 Å². The van der Waals surface area contributed by atoms with Crippen LogP contribution >= 0.6 is 11.6 Å². The first kappa shape index (κ1) is 22.9. The summed E-state index contributed by atoms with van der Waals surface area (Å²) in [6.07, 6.45) is 6.03. The average molecular weight is 467 g/mol. The van der Waals surface area contributed by atoms with Crippen LogP contribution in [0, 0.1) is 11.9 Å². The number of hydrogen-bond donors (Lipinski definition) is 1. The standard InChI is InChI=1S/C25H24ClFN4O2/c1-16(32)31(15-18-2-3-18)23-9-6-19(12-21(23)26)22-8-7-20(14-28-22)30-25(33)11-5-17-4-10-24(27)29-13-17/h4,6-10,12-14,18H,2-3,5,11,15H2,1H3,(H,30,33). The number of nitrogens with one attached hydrogen (secondary N) is 1. The number of carbonyl (C=O) groups is 2. The molecular weight excluding hydrogens is 443 g/mol. The molecule has 33 heavy (non-hydrogen) atoms. The molecule has 8 heteroatoms. The summed E-state index contributed by atoms with van der Waals surface area (Å²) in [5.74, 6) is -0.173. The molecule has 170 valence electrons. The van der Waals surface area contributed by atoms with Gasteiger partial charge in [0, 0.05) is 31.6 Å². The molecule has 3 aromatic rings. The van der Waals surface area contributed by atoms with Crippen molar-refractivity contribution in [3.05, 3.63) is 71.4 Å². The molecule has 1 aliphatic rings. The summed E-state index contributed by atoms with van der Waals surface area (Å²) in [6.45, 7) is 2.25. The highest BCUT2D eigenvalue weighted by atomic mass is 35.5. The van der Waals surface area contributed by atoms with Crippen LogP contribution in [0.2, 0.25) is 5.02 Å². The van der Waals surface area contributed by atoms with Crippen molar-refractivity contribution in [1.29, 1.82) is 0 Å². The van der Waals surface area contributed by atoms with E-state index in [0.29, 0.717) is 41.0 Å². The monoisotopic (exact) mass is 466 g/mol. The highest BCUT2D eigenvalue weighted by Gasteiger charge is 2.27. The van der Waals surface area contributed by atoms with E-state index in [1.165, 1.54) is 12.3 Å². The van der Waals surface area contributed by atoms with Crippen LogP contribution in [-0.4, -0.2) is 28.3 Å². The molecule has 0 bridgehead atoms. The van der Waals surface area contributed by atoms with Gasteiger partial charge in [0.05, 0.1) is 28.3 Å². The molecule has 6 nitrogen and oxygen atoms in total. The molecule has 0 aliphatic heterocycles. The lowest BCUT2D eigenvalue weighted by Crippen LogP contribution is -2.30. The van der Waals surface area contributed by atoms with Crippen molar-refractivity contribution in [3.8, 4) is 11.3 Å². The molecule has 0 atom stereocenters. The number of rotatable bonds is 8. The fourth-order valence-corrected chi connectivity index (χ4v) is 3.80. The second-order valence-electron chi connectivity index (χ2n) is 8.21. The van der Waals surface area contributed by atoms with Crippen LogP contribution in [0.3, 0.4) is 0 Å². The number of anilines is 2. The first-order valence-electron chi connectivity index (χ1n) is 10.8. The Hall–Kier alpha value is -3.32. The topological polar surface area (TPSA) is 75.2 Å². The first-order chi connectivity index (χ1) is 15.9. The van der Waals surface area contributed by atoms with Crippen LogP contribution in [0.25, 0.3) is 11.3 Å². The zero-order valence-electron chi connectivity index (χ0n) is 18.2. The molecule has 0 saturated heterocycles. The van der Waals surface area contributed by atoms with Gasteiger partial charge >= 0.3 is 0 Å². The lowest BCUT2D eigenvalue weighted by Gasteiger charge is -2.22. The number of pyridine rings is 2. The van der Waals surface area contributed by atoms with E-state index in [1.54, 1.807) is 42.3 Å². The number of nitrogens with zero attached hydrogens (tertiary/aromatic N) is 3. The SMILES string of the molecule is CC(=O)N(CC1CC1)c1ccc(-c2ccc(NC(=O)CCc3ccc(F)nc3)cn2)cc1Cl. The van der Waals surface area contributed by atoms with Crippen LogP contribution in [0.5, 0.6) is 0 Å². The number of amides is 2. The molecule has 2 aromatic heterocycles. The smallest absolute Gasteiger partial charge is 0.224 e. The van der Waals surface area contributed by atoms with E-state index in [4.69, 9.17) is 11.6 Å². The van der Waals surface area contributed by atoms with Gasteiger partial charge in [-0.2, -0.15) is 4.39 Å². The van der Waals surface area contributed by atoms with Gasteiger partial charge in [-0.3, -0.25) is 14.6 Å². The van der Waals surface area contributed by atoms with Crippen molar-refractivity contribution >= 4 is 34.8 Å². The maximum atomic E-state index is 12.9. The maximum Gasteiger partial charge on any atom is 0.224 e. The van der Waals surface area contributed by atoms with Crippen LogP contribution in [0.15, 0.2) is 54.9 Å². The summed E-state index contributed by atoms with van der Waals surface area (Å²) < 4.78 is 12.9. The summed E-state index contributed by atoms with van der Waals surface area (Å²) in [4.78, 5) is 34.0. The van der Waals surface area contributed by atoms with Crippen molar-refractivity contribution in [2.24, 2.45) is 5.92 Å². The van der Waals surface area contributed by atoms with E-state index in [0.717, 1.165) is 24.0 Å². The molecule has 1 saturated carbocycles. The third-order valence-corrected chi connectivity index (χ3v) is 5.83. The number of aryl methyl sites for hydroxylation is 1. The van der Waals surface area contributed by atoms with Crippen molar-refractivity contribution in [3.63, 3.8) is 0 Å². The Morgan fingerprint density at radius 1 is 1.12 bits per heavy atom. The molecule has 4 rings (SSSR count). The van der Waals surface area contributed by atoms with Crippen molar-refractivity contribution in [2.75, 3.05) is 16.8 Å². The highest BCUT2D eigenvalue weighted by Crippen LogP contribution is 2.35. The Balaban J connectivity index is 1.38. The predicted molar refractivity (Wildman–Crippen MR) is 127 cm³/mol. The molecule has 1 aliphatic carbocycles. The molecule has 0 spiro atoms. The quantitative estimate of drug-likeness (QED) is 0.459. The third kappa shape index (κ3) is 6.14. The maximum absolute atomic E-state index is 12.9. The average Bonchev–Trinajstić information content (AvgIpc) is 3.62. The van der Waals surface area contributed by atoms with E-state index in [9.17, 15) is 14.0 Å². The summed E-state index contributed by atoms with van der Waals surface area (Å²) >= 11 is 6.51. The molecule has 0 unspecified atom stereocenters. The van der Waals surface area contributed by atoms with Gasteiger partial charge in [0.25, 0.3) is 0 Å². The minimum Gasteiger partial charge on any atom is -0.325 e. The minimum atomic E-state index is -0.542. The number of carbonyl (C=O) groups excluding carboxylic acids is 2. The van der Waals surface area contributed by atoms with Gasteiger partial charge in [-0.15, -0.1) is 0 Å². The normalized spacial score (nSPS) is 12.9. The second kappa shape index (κ2) is 10.1. The highest BCUT2D eigenvalue weighted by molar-refractivity contribution is 6.34. The fraction of sp³-hybridized carbons (Fsp3) is 0.280. The van der Waals surface area contributed by atoms with Crippen molar-refractivity contribution in [1.82, 2.24) is 9.97 Å². The zero-order chi connectivity index (χ0) is 23.4. The second-order valence-corrected chi connectivity index (χ2v) is 8.62. The van der Waals surface area contributed by atoms with Gasteiger partial charge in [-0.25, -0.2) is 4.98 Å². The minimum absolute atomic E-state index is 0.0227. The Morgan fingerprint density at radius 3 is 2.55 bits per heavy atom. The van der Waals surface area contributed by atoms with Crippen LogP contribution < -0.4 is 10.2 Å². The lowest BCUT2D eigenvalue weighted by molar-refractivity contribution is -0.117. The molecule has 1 N–H and O–H groups in total. The van der Waals surface area contributed by atoms with E-state index in [1.807, 2.05) is 12.1 Å². The van der Waals surface area contributed by atoms with E-state index in [2.05, 4.69) is 15.3 Å². The fourth-order valence-electron chi connectivity index (χ4n) is 3.51. The number of hydrogen-bond acceptors (Lipinski definition) is 4. The van der Waals surface area contributed by atoms with Gasteiger partial charge in [-0.1, -0.05) is 23.7 Å². The van der Waals surface area contributed by atoms with Gasteiger partial charge in [0.1, 0.15) is 0 Å². The van der Waals surface area contributed by atoms with Gasteiger partial charge in [0.2, 0.25) is 17.8 Å². The van der Waals surface area contributed by atoms with E-state index >= 15 is 0 Å². The third-order valence-electron chi connectivity index (χ3n) is 5.53. The molecular formula is C25H24ClFN4O2. The van der Waals surface area contributed by atoms with Crippen molar-refractivity contribution < 1.29 is 14.0 Å². The Labute approximate surface area is 196 Å². The van der Waals surface area contributed by atoms with Crippen molar-refractivity contribution in [2.45, 2.75) is 32.6 Å². The van der Waals surface area contributed by atoms with Gasteiger partial charge < -0.3 is 10.2 Å². The summed E-state index contributed by atoms with van der Waals surface area (Å²) in [6, 6.07) is 12.0. The first-order valence-corrected chi connectivity index (χ1v) is 11.2. The lowest BCUT2D eigenvalue weighted by atomic mass is 10.1. The number of aromatic nitrogens is 2. The number of halogens is 2. The summed E-state index contributed by atoms with van der Waals surface area (Å²) in [7, 11) is 0. The van der Waals surface area contributed by atoms with E-state index in [-0.39, 0.29) is 18.2 Å². The van der Waals surface area contributed by atoms with E-state index < -0.39 is 5.95 Å². The Morgan fingerprint density at radius 2 is 1.94 bits per heavy atom. The predicted octanol–water partition coefficient (Wildman–Crippen LogP) is 5.27. The number of benzene rings is 1. The molecule has 2 amide bonds. The summed E-state index contributed by atoms with van der Waals surface area (Å²) in [5.41, 5.74) is 3.60. The zero-order valence-corrected chi connectivity index (χ0v) is 19.0. The Bertz CT molecular complexity index is 1150. The summed E-state index contributed by atoms with van der Waals surface area (Å²) in [5, 5.41) is 3.31.